The first-order chi connectivity index (χ1) is 13.5. The molecule has 6 heteroatoms. The van der Waals surface area contributed by atoms with Gasteiger partial charge >= 0.3 is 5.97 Å². The number of furan rings is 1. The number of carboxylic acid groups (broad SMARTS) is 1. The fraction of sp³-hybridized carbons (Fsp3) is 0.545. The molecule has 2 unspecified atom stereocenters. The van der Waals surface area contributed by atoms with Gasteiger partial charge in [0.05, 0.1) is 17.9 Å². The van der Waals surface area contributed by atoms with Gasteiger partial charge < -0.3 is 13.9 Å². The van der Waals surface area contributed by atoms with Crippen molar-refractivity contribution in [1.82, 2.24) is 4.98 Å². The van der Waals surface area contributed by atoms with E-state index in [2.05, 4.69) is 6.92 Å². The normalized spacial score (nSPS) is 20.1. The number of thioether (sulfide) groups is 1. The Morgan fingerprint density at radius 1 is 1.36 bits per heavy atom. The first kappa shape index (κ1) is 20.8. The molecule has 2 atom stereocenters. The van der Waals surface area contributed by atoms with Gasteiger partial charge in [0.15, 0.2) is 5.89 Å². The van der Waals surface area contributed by atoms with Gasteiger partial charge in [-0.1, -0.05) is 32.3 Å². The SMILES string of the molecule is CCC1CCCC(c2nc(Cc3ccc(/C=C/CSCC(=O)O)o3)c(C)o2)C1. The monoisotopic (exact) mass is 403 g/mol. The summed E-state index contributed by atoms with van der Waals surface area (Å²) in [6.07, 6.45) is 10.6. The van der Waals surface area contributed by atoms with Crippen LogP contribution in [0.3, 0.4) is 0 Å². The van der Waals surface area contributed by atoms with Gasteiger partial charge in [-0.15, -0.1) is 11.8 Å². The van der Waals surface area contributed by atoms with Gasteiger partial charge in [0, 0.05) is 11.7 Å². The van der Waals surface area contributed by atoms with Crippen LogP contribution < -0.4 is 0 Å². The molecule has 1 aliphatic carbocycles. The van der Waals surface area contributed by atoms with Crippen LogP contribution in [0.2, 0.25) is 0 Å². The zero-order valence-corrected chi connectivity index (χ0v) is 17.5. The minimum atomic E-state index is -0.792. The van der Waals surface area contributed by atoms with Crippen LogP contribution in [-0.2, 0) is 11.2 Å². The maximum Gasteiger partial charge on any atom is 0.313 e. The van der Waals surface area contributed by atoms with E-state index in [4.69, 9.17) is 18.9 Å². The lowest BCUT2D eigenvalue weighted by Gasteiger charge is -2.26. The number of aliphatic carboxylic acids is 1. The summed E-state index contributed by atoms with van der Waals surface area (Å²) in [4.78, 5) is 15.3. The van der Waals surface area contributed by atoms with Crippen molar-refractivity contribution in [1.29, 1.82) is 0 Å². The smallest absolute Gasteiger partial charge is 0.313 e. The Hall–Kier alpha value is -1.95. The molecule has 2 aromatic heterocycles. The maximum absolute atomic E-state index is 10.5. The second-order valence-corrected chi connectivity index (χ2v) is 8.52. The van der Waals surface area contributed by atoms with Crippen LogP contribution in [0.15, 0.2) is 27.0 Å². The summed E-state index contributed by atoms with van der Waals surface area (Å²) in [5, 5.41) is 8.63. The molecule has 0 radical (unpaired) electrons. The topological polar surface area (TPSA) is 76.5 Å². The van der Waals surface area contributed by atoms with Crippen LogP contribution in [0.5, 0.6) is 0 Å². The second-order valence-electron chi connectivity index (χ2n) is 7.48. The van der Waals surface area contributed by atoms with E-state index in [0.717, 1.165) is 34.8 Å². The third-order valence-corrected chi connectivity index (χ3v) is 6.24. The lowest BCUT2D eigenvalue weighted by molar-refractivity contribution is -0.133. The van der Waals surface area contributed by atoms with Crippen molar-refractivity contribution in [3.05, 3.63) is 47.1 Å². The van der Waals surface area contributed by atoms with Crippen LogP contribution in [0.4, 0.5) is 0 Å². The summed E-state index contributed by atoms with van der Waals surface area (Å²) in [6.45, 7) is 4.25. The Morgan fingerprint density at radius 3 is 3.00 bits per heavy atom. The standard InChI is InChI=1S/C22H29NO4S/c1-3-16-6-4-7-17(12-16)22-23-20(15(2)26-22)13-19-10-9-18(27-19)8-5-11-28-14-21(24)25/h5,8-10,16-17H,3-4,6-7,11-14H2,1-2H3,(H,24,25)/b8-5+. The summed E-state index contributed by atoms with van der Waals surface area (Å²) in [7, 11) is 0. The number of nitrogens with zero attached hydrogens (tertiary/aromatic N) is 1. The highest BCUT2D eigenvalue weighted by atomic mass is 32.2. The largest absolute Gasteiger partial charge is 0.481 e. The van der Waals surface area contributed by atoms with Crippen LogP contribution in [0, 0.1) is 12.8 Å². The summed E-state index contributed by atoms with van der Waals surface area (Å²) < 4.78 is 11.9. The van der Waals surface area contributed by atoms with Crippen LogP contribution >= 0.6 is 11.8 Å². The van der Waals surface area contributed by atoms with Crippen molar-refractivity contribution in [3.63, 3.8) is 0 Å². The molecule has 0 aromatic carbocycles. The van der Waals surface area contributed by atoms with Gasteiger partial charge in [0.2, 0.25) is 0 Å². The zero-order valence-electron chi connectivity index (χ0n) is 16.6. The Kier molecular flexibility index (Phi) is 7.43. The molecule has 0 aliphatic heterocycles. The Morgan fingerprint density at radius 2 is 2.21 bits per heavy atom. The van der Waals surface area contributed by atoms with Crippen molar-refractivity contribution in [2.75, 3.05) is 11.5 Å². The number of hydrogen-bond acceptors (Lipinski definition) is 5. The molecule has 5 nitrogen and oxygen atoms in total. The van der Waals surface area contributed by atoms with Gasteiger partial charge in [-0.05, 0) is 43.9 Å². The number of carbonyl (C=O) groups is 1. The summed E-state index contributed by atoms with van der Waals surface area (Å²) in [5.74, 6) is 4.61. The van der Waals surface area contributed by atoms with Crippen LogP contribution in [0.1, 0.15) is 73.8 Å². The molecule has 2 aromatic rings. The molecule has 1 N–H and O–H groups in total. The van der Waals surface area contributed by atoms with Gasteiger partial charge in [-0.2, -0.15) is 0 Å². The molecular formula is C22H29NO4S. The van der Waals surface area contributed by atoms with Gasteiger partial charge in [0.1, 0.15) is 17.3 Å². The Labute approximate surface area is 170 Å². The summed E-state index contributed by atoms with van der Waals surface area (Å²) in [5.41, 5.74) is 0.954. The van der Waals surface area contributed by atoms with Crippen molar-refractivity contribution in [2.24, 2.45) is 5.92 Å². The molecule has 152 valence electrons. The maximum atomic E-state index is 10.5. The predicted molar refractivity (Wildman–Crippen MR) is 112 cm³/mol. The molecule has 28 heavy (non-hydrogen) atoms. The predicted octanol–water partition coefficient (Wildman–Crippen LogP) is 5.68. The third kappa shape index (κ3) is 5.77. The van der Waals surface area contributed by atoms with Gasteiger partial charge in [-0.25, -0.2) is 4.98 Å². The van der Waals surface area contributed by atoms with Crippen LogP contribution in [0.25, 0.3) is 6.08 Å². The van der Waals surface area contributed by atoms with Crippen molar-refractivity contribution in [3.8, 4) is 0 Å². The molecule has 0 saturated heterocycles. The minimum absolute atomic E-state index is 0.113. The van der Waals surface area contributed by atoms with E-state index in [9.17, 15) is 4.79 Å². The molecule has 3 rings (SSSR count). The minimum Gasteiger partial charge on any atom is -0.481 e. The highest BCUT2D eigenvalue weighted by Gasteiger charge is 2.26. The average Bonchev–Trinajstić information content (AvgIpc) is 3.28. The molecule has 0 bridgehead atoms. The first-order valence-electron chi connectivity index (χ1n) is 10.1. The molecule has 0 amide bonds. The fourth-order valence-electron chi connectivity index (χ4n) is 3.80. The van der Waals surface area contributed by atoms with E-state index < -0.39 is 5.97 Å². The number of carboxylic acids is 1. The van der Waals surface area contributed by atoms with Crippen LogP contribution in [-0.4, -0.2) is 27.6 Å². The van der Waals surface area contributed by atoms with E-state index in [0.29, 0.717) is 18.1 Å². The summed E-state index contributed by atoms with van der Waals surface area (Å²) >= 11 is 1.36. The molecule has 1 saturated carbocycles. The quantitative estimate of drug-likeness (QED) is 0.543. The van der Waals surface area contributed by atoms with E-state index in [1.54, 1.807) is 0 Å². The Bertz CT molecular complexity index is 807. The van der Waals surface area contributed by atoms with Crippen molar-refractivity contribution >= 4 is 23.8 Å². The number of aryl methyl sites for hydroxylation is 1. The third-order valence-electron chi connectivity index (χ3n) is 5.36. The van der Waals surface area contributed by atoms with Crippen molar-refractivity contribution in [2.45, 2.75) is 58.3 Å². The Balaban J connectivity index is 1.57. The van der Waals surface area contributed by atoms with E-state index in [-0.39, 0.29) is 5.75 Å². The second kappa shape index (κ2) is 10.0. The van der Waals surface area contributed by atoms with E-state index in [1.165, 1.54) is 43.9 Å². The zero-order chi connectivity index (χ0) is 19.9. The van der Waals surface area contributed by atoms with Gasteiger partial charge in [-0.3, -0.25) is 4.79 Å². The first-order valence-corrected chi connectivity index (χ1v) is 11.2. The van der Waals surface area contributed by atoms with E-state index >= 15 is 0 Å². The summed E-state index contributed by atoms with van der Waals surface area (Å²) in [6, 6.07) is 3.89. The molecule has 1 aliphatic rings. The number of rotatable bonds is 9. The number of hydrogen-bond donors (Lipinski definition) is 1. The highest BCUT2D eigenvalue weighted by molar-refractivity contribution is 8.00. The lowest BCUT2D eigenvalue weighted by Crippen LogP contribution is -2.13. The average molecular weight is 404 g/mol. The van der Waals surface area contributed by atoms with E-state index in [1.807, 2.05) is 31.2 Å². The highest BCUT2D eigenvalue weighted by Crippen LogP contribution is 2.37. The molecule has 0 spiro atoms. The number of aromatic nitrogens is 1. The lowest BCUT2D eigenvalue weighted by atomic mass is 9.80. The van der Waals surface area contributed by atoms with Crippen molar-refractivity contribution < 1.29 is 18.7 Å². The molecular weight excluding hydrogens is 374 g/mol. The molecule has 1 fully saturated rings. The number of oxazole rings is 1. The van der Waals surface area contributed by atoms with Gasteiger partial charge in [0.25, 0.3) is 0 Å². The molecule has 2 heterocycles. The fourth-order valence-corrected chi connectivity index (χ4v) is 4.32.